The molecule has 0 spiro atoms. The first kappa shape index (κ1) is 56.3. The van der Waals surface area contributed by atoms with Crippen LogP contribution < -0.4 is 0 Å². The Bertz CT molecular complexity index is 13.5. The van der Waals surface area contributed by atoms with E-state index in [0.29, 0.717) is 0 Å². The third kappa shape index (κ3) is 10.2. The van der Waals surface area contributed by atoms with Crippen LogP contribution in [-0.2, 0) is 0 Å². The average Bonchev–Trinajstić information content (AvgIpc) is 0. The fraction of sp³-hybridized carbons (Fsp3) is 1.00. The summed E-state index contributed by atoms with van der Waals surface area (Å²) in [5.74, 6) is 0. The molecule has 0 bridgehead atoms. The van der Waals surface area contributed by atoms with Crippen molar-refractivity contribution in [2.75, 3.05) is 0 Å². The minimum atomic E-state index is 0. The summed E-state index contributed by atoms with van der Waals surface area (Å²) in [5.41, 5.74) is 0. The molecule has 0 aromatic rings. The van der Waals surface area contributed by atoms with Gasteiger partial charge >= 0.3 is 23.1 Å². The van der Waals surface area contributed by atoms with Crippen LogP contribution >= 0.6 is 13.5 Å². The molecule has 0 atom stereocenters. The summed E-state index contributed by atoms with van der Waals surface area (Å²) in [6, 6.07) is 0. The van der Waals surface area contributed by atoms with Crippen LogP contribution in [0.4, 0.5) is 0 Å². The molecule has 0 fully saturated rings. The molecular formula is CH12MgSSi. The van der Waals surface area contributed by atoms with Crippen LogP contribution in [0.5, 0.6) is 0 Å². The Hall–Kier alpha value is 1.33. The van der Waals surface area contributed by atoms with E-state index in [9.17, 15) is 0 Å². The molecule has 0 heterocycles. The predicted molar refractivity (Wildman–Crippen MR) is 36.4 cm³/mol. The van der Waals surface area contributed by atoms with E-state index in [1.165, 1.54) is 0 Å². The van der Waals surface area contributed by atoms with Crippen LogP contribution in [0.15, 0.2) is 0 Å². The zero-order chi connectivity index (χ0) is 0. The first-order valence-corrected chi connectivity index (χ1v) is 0. The third-order valence-corrected chi connectivity index (χ3v) is 0. The van der Waals surface area contributed by atoms with Crippen LogP contribution in [0.3, 0.4) is 0 Å². The molecule has 0 aliphatic carbocycles. The molecule has 28 valence electrons. The average molecular weight is 109 g/mol. The standard InChI is InChI=1S/CH4.Mg.H2S.H4Si.2H/h1H4;;1H2;1H4;;/q;+2;;;2*-1. The van der Waals surface area contributed by atoms with Crippen molar-refractivity contribution < 1.29 is 2.85 Å². The topological polar surface area (TPSA) is 0 Å². The predicted octanol–water partition coefficient (Wildman–Crippen LogP) is -0.859. The van der Waals surface area contributed by atoms with Gasteiger partial charge < -0.3 is 2.85 Å². The Morgan fingerprint density at radius 3 is 1.25 bits per heavy atom. The Balaban J connectivity index is 0. The largest absolute Gasteiger partial charge is 2.00 e. The molecule has 0 aromatic heterocycles. The van der Waals surface area contributed by atoms with Crippen molar-refractivity contribution in [3.8, 4) is 0 Å². The normalized spacial score (nSPS) is 0. The van der Waals surface area contributed by atoms with Gasteiger partial charge in [0, 0.05) is 0 Å². The van der Waals surface area contributed by atoms with Crippen molar-refractivity contribution in [2.45, 2.75) is 7.43 Å². The maximum Gasteiger partial charge on any atom is 2.00 e. The minimum absolute atomic E-state index is 0. The summed E-state index contributed by atoms with van der Waals surface area (Å²) in [4.78, 5) is 0. The van der Waals surface area contributed by atoms with E-state index in [2.05, 4.69) is 0 Å². The molecule has 0 rings (SSSR count). The molecular weight excluding hydrogens is 96.5 g/mol. The molecule has 0 nitrogen and oxygen atoms in total. The summed E-state index contributed by atoms with van der Waals surface area (Å²) in [5, 5.41) is 0. The van der Waals surface area contributed by atoms with Crippen LogP contribution in [-0.4, -0.2) is 34.0 Å². The SMILES string of the molecule is C.S.[H-].[H-].[Mg+2].[SiH4]. The molecule has 0 unspecified atom stereocenters. The molecule has 0 radical (unpaired) electrons. The van der Waals surface area contributed by atoms with Crippen LogP contribution in [0, 0.1) is 0 Å². The van der Waals surface area contributed by atoms with Gasteiger partial charge in [-0.1, -0.05) is 7.43 Å². The van der Waals surface area contributed by atoms with E-state index in [0.717, 1.165) is 0 Å². The molecule has 0 amide bonds. The molecule has 0 N–H and O–H groups in total. The second-order valence-electron chi connectivity index (χ2n) is 0. The summed E-state index contributed by atoms with van der Waals surface area (Å²) in [7, 11) is 0. The van der Waals surface area contributed by atoms with E-state index >= 15 is 0 Å². The van der Waals surface area contributed by atoms with Crippen molar-refractivity contribution in [1.29, 1.82) is 0 Å². The Morgan fingerprint density at radius 1 is 1.25 bits per heavy atom. The van der Waals surface area contributed by atoms with E-state index in [1.807, 2.05) is 0 Å². The Kier molecular flexibility index (Phi) is 382. The number of hydrogen-bond acceptors (Lipinski definition) is 0. The molecule has 0 aliphatic heterocycles. The third-order valence-electron chi connectivity index (χ3n) is 0. The molecule has 3 heteroatoms. The summed E-state index contributed by atoms with van der Waals surface area (Å²) in [6.07, 6.45) is 0. The van der Waals surface area contributed by atoms with Crippen molar-refractivity contribution in [2.24, 2.45) is 0 Å². The van der Waals surface area contributed by atoms with Gasteiger partial charge in [-0.3, -0.25) is 0 Å². The van der Waals surface area contributed by atoms with Gasteiger partial charge in [0.1, 0.15) is 0 Å². The zero-order valence-electron chi connectivity index (χ0n) is 3.21. The van der Waals surface area contributed by atoms with Gasteiger partial charge in [0.15, 0.2) is 0 Å². The number of rotatable bonds is 0. The molecule has 0 aliphatic rings. The minimum Gasteiger partial charge on any atom is -1.00 e. The first-order chi connectivity index (χ1) is 0. The second-order valence-corrected chi connectivity index (χ2v) is 0. The molecule has 0 aromatic carbocycles. The maximum absolute atomic E-state index is 0. The number of hydrogen-bond donors (Lipinski definition) is 0. The molecule has 0 saturated heterocycles. The first-order valence-electron chi connectivity index (χ1n) is 0. The maximum atomic E-state index is 0. The van der Waals surface area contributed by atoms with Gasteiger partial charge in [-0.25, -0.2) is 0 Å². The van der Waals surface area contributed by atoms with Crippen molar-refractivity contribution in [3.05, 3.63) is 0 Å². The van der Waals surface area contributed by atoms with Gasteiger partial charge in [-0.15, -0.1) is 0 Å². The summed E-state index contributed by atoms with van der Waals surface area (Å²) < 4.78 is 0. The smallest absolute Gasteiger partial charge is 1.00 e. The van der Waals surface area contributed by atoms with Gasteiger partial charge in [0.25, 0.3) is 0 Å². The van der Waals surface area contributed by atoms with E-state index in [1.54, 1.807) is 0 Å². The van der Waals surface area contributed by atoms with Crippen LogP contribution in [0.25, 0.3) is 0 Å². The summed E-state index contributed by atoms with van der Waals surface area (Å²) >= 11 is 0. The fourth-order valence-electron chi connectivity index (χ4n) is 0. The summed E-state index contributed by atoms with van der Waals surface area (Å²) in [6.45, 7) is 0. The molecule has 0 saturated carbocycles. The zero-order valence-corrected chi connectivity index (χ0v) is 3.62. The van der Waals surface area contributed by atoms with Crippen LogP contribution in [0.2, 0.25) is 0 Å². The Labute approximate surface area is 57.9 Å². The monoisotopic (exact) mass is 108 g/mol. The van der Waals surface area contributed by atoms with Crippen molar-refractivity contribution in [1.82, 2.24) is 0 Å². The molecule has 4 heavy (non-hydrogen) atoms. The van der Waals surface area contributed by atoms with Crippen molar-refractivity contribution >= 4 is 47.5 Å². The van der Waals surface area contributed by atoms with E-state index in [4.69, 9.17) is 0 Å². The van der Waals surface area contributed by atoms with Crippen molar-refractivity contribution in [3.63, 3.8) is 0 Å². The van der Waals surface area contributed by atoms with E-state index in [-0.39, 0.29) is 57.8 Å². The second kappa shape index (κ2) is 27.1. The van der Waals surface area contributed by atoms with Gasteiger partial charge in [-0.05, 0) is 11.0 Å². The van der Waals surface area contributed by atoms with E-state index < -0.39 is 0 Å². The van der Waals surface area contributed by atoms with Gasteiger partial charge in [0.2, 0.25) is 0 Å². The fourth-order valence-corrected chi connectivity index (χ4v) is 0. The van der Waals surface area contributed by atoms with Crippen LogP contribution in [0.1, 0.15) is 10.3 Å². The quantitative estimate of drug-likeness (QED) is 0.355. The van der Waals surface area contributed by atoms with Gasteiger partial charge in [0.05, 0.1) is 0 Å². The van der Waals surface area contributed by atoms with Gasteiger partial charge in [-0.2, -0.15) is 13.5 Å². The Morgan fingerprint density at radius 2 is 1.25 bits per heavy atom.